The minimum absolute atomic E-state index is 0.529. The van der Waals surface area contributed by atoms with Crippen molar-refractivity contribution in [2.45, 2.75) is 12.8 Å². The lowest BCUT2D eigenvalue weighted by Gasteiger charge is -1.89. The number of nitrogens with two attached hydrogens (primary N) is 1. The van der Waals surface area contributed by atoms with Crippen LogP contribution in [0, 0.1) is 0 Å². The van der Waals surface area contributed by atoms with E-state index in [2.05, 4.69) is 9.97 Å². The lowest BCUT2D eigenvalue weighted by atomic mass is 10.3. The smallest absolute Gasteiger partial charge is 0.247 e. The summed E-state index contributed by atoms with van der Waals surface area (Å²) in [5, 5.41) is 0.566. The Morgan fingerprint density at radius 1 is 1.50 bits per heavy atom. The second-order valence-electron chi connectivity index (χ2n) is 2.98. The molecule has 2 N–H and O–H groups in total. The van der Waals surface area contributed by atoms with Crippen LogP contribution in [0.15, 0.2) is 16.7 Å². The number of oxazole rings is 1. The molecule has 0 radical (unpaired) electrons. The number of fused-ring (bicyclic) bond motifs is 1. The highest BCUT2D eigenvalue weighted by Crippen LogP contribution is 2.17. The minimum Gasteiger partial charge on any atom is -0.422 e. The van der Waals surface area contributed by atoms with Gasteiger partial charge in [-0.05, 0) is 19.0 Å². The number of aromatic nitrogens is 2. The van der Waals surface area contributed by atoms with Crippen LogP contribution in [0.5, 0.6) is 0 Å². The summed E-state index contributed by atoms with van der Waals surface area (Å²) >= 11 is 5.77. The van der Waals surface area contributed by atoms with Gasteiger partial charge in [-0.25, -0.2) is 9.97 Å². The van der Waals surface area contributed by atoms with Crippen LogP contribution < -0.4 is 5.73 Å². The topological polar surface area (TPSA) is 64.9 Å². The first-order chi connectivity index (χ1) is 6.79. The van der Waals surface area contributed by atoms with Crippen molar-refractivity contribution in [3.05, 3.63) is 23.2 Å². The SMILES string of the molecule is NCCCc1nc2cc(Cl)cnc2o1. The average Bonchev–Trinajstić information content (AvgIpc) is 2.56. The Morgan fingerprint density at radius 3 is 3.14 bits per heavy atom. The molecule has 0 aliphatic heterocycles. The van der Waals surface area contributed by atoms with Gasteiger partial charge in [0.2, 0.25) is 5.71 Å². The molecule has 0 saturated carbocycles. The van der Waals surface area contributed by atoms with Gasteiger partial charge in [0.15, 0.2) is 5.89 Å². The zero-order valence-corrected chi connectivity index (χ0v) is 8.29. The summed E-state index contributed by atoms with van der Waals surface area (Å²) in [6.07, 6.45) is 3.15. The Balaban J connectivity index is 2.32. The van der Waals surface area contributed by atoms with Crippen molar-refractivity contribution in [1.29, 1.82) is 0 Å². The molecule has 2 aromatic rings. The summed E-state index contributed by atoms with van der Waals surface area (Å²) in [7, 11) is 0. The van der Waals surface area contributed by atoms with Gasteiger partial charge in [-0.2, -0.15) is 0 Å². The van der Waals surface area contributed by atoms with E-state index in [4.69, 9.17) is 21.8 Å². The highest BCUT2D eigenvalue weighted by atomic mass is 35.5. The van der Waals surface area contributed by atoms with Gasteiger partial charge < -0.3 is 10.2 Å². The number of nitrogens with zero attached hydrogens (tertiary/aromatic N) is 2. The molecule has 0 atom stereocenters. The van der Waals surface area contributed by atoms with Crippen molar-refractivity contribution in [1.82, 2.24) is 9.97 Å². The summed E-state index contributed by atoms with van der Waals surface area (Å²) in [4.78, 5) is 8.26. The van der Waals surface area contributed by atoms with Gasteiger partial charge in [0.1, 0.15) is 5.52 Å². The normalized spacial score (nSPS) is 11.0. The third-order valence-corrected chi connectivity index (χ3v) is 2.06. The minimum atomic E-state index is 0.529. The van der Waals surface area contributed by atoms with Gasteiger partial charge in [0.05, 0.1) is 5.02 Å². The summed E-state index contributed by atoms with van der Waals surface area (Å²) < 4.78 is 5.39. The first-order valence-electron chi connectivity index (χ1n) is 4.40. The van der Waals surface area contributed by atoms with Crippen LogP contribution >= 0.6 is 11.6 Å². The molecule has 4 nitrogen and oxygen atoms in total. The first-order valence-corrected chi connectivity index (χ1v) is 4.78. The fourth-order valence-electron chi connectivity index (χ4n) is 1.20. The van der Waals surface area contributed by atoms with E-state index >= 15 is 0 Å². The standard InChI is InChI=1S/C9H10ClN3O/c10-6-4-7-9(12-5-6)14-8(13-7)2-1-3-11/h4-5H,1-3,11H2. The third kappa shape index (κ3) is 1.86. The molecule has 14 heavy (non-hydrogen) atoms. The third-order valence-electron chi connectivity index (χ3n) is 1.85. The maximum absolute atomic E-state index is 5.77. The Hall–Kier alpha value is -1.13. The molecule has 0 aliphatic rings. The molecule has 2 rings (SSSR count). The fourth-order valence-corrected chi connectivity index (χ4v) is 1.36. The molecule has 0 spiro atoms. The van der Waals surface area contributed by atoms with Crippen LogP contribution in [0.1, 0.15) is 12.3 Å². The average molecular weight is 212 g/mol. The Kier molecular flexibility index (Phi) is 2.65. The molecule has 2 heterocycles. The lowest BCUT2D eigenvalue weighted by Crippen LogP contribution is -2.00. The number of aryl methyl sites for hydroxylation is 1. The predicted molar refractivity (Wildman–Crippen MR) is 54.2 cm³/mol. The highest BCUT2D eigenvalue weighted by Gasteiger charge is 2.06. The van der Waals surface area contributed by atoms with E-state index in [-0.39, 0.29) is 0 Å². The van der Waals surface area contributed by atoms with Gasteiger partial charge in [0.25, 0.3) is 0 Å². The lowest BCUT2D eigenvalue weighted by molar-refractivity contribution is 0.514. The van der Waals surface area contributed by atoms with Crippen molar-refractivity contribution in [2.24, 2.45) is 5.73 Å². The van der Waals surface area contributed by atoms with Crippen molar-refractivity contribution < 1.29 is 4.42 Å². The molecule has 0 aliphatic carbocycles. The molecule has 74 valence electrons. The molecule has 0 saturated heterocycles. The van der Waals surface area contributed by atoms with Crippen LogP contribution in [-0.2, 0) is 6.42 Å². The molecule has 0 fully saturated rings. The van der Waals surface area contributed by atoms with Crippen LogP contribution in [0.4, 0.5) is 0 Å². The molecule has 5 heteroatoms. The van der Waals surface area contributed by atoms with Gasteiger partial charge in [-0.15, -0.1) is 0 Å². The van der Waals surface area contributed by atoms with Crippen LogP contribution in [0.25, 0.3) is 11.2 Å². The number of hydrogen-bond acceptors (Lipinski definition) is 4. The quantitative estimate of drug-likeness (QED) is 0.841. The summed E-state index contributed by atoms with van der Waals surface area (Å²) in [5.41, 5.74) is 6.62. The van der Waals surface area contributed by atoms with E-state index in [1.54, 1.807) is 12.3 Å². The van der Waals surface area contributed by atoms with E-state index in [1.165, 1.54) is 0 Å². The van der Waals surface area contributed by atoms with Gasteiger partial charge in [-0.1, -0.05) is 11.6 Å². The van der Waals surface area contributed by atoms with Crippen LogP contribution in [-0.4, -0.2) is 16.5 Å². The Morgan fingerprint density at radius 2 is 2.36 bits per heavy atom. The maximum Gasteiger partial charge on any atom is 0.247 e. The number of halogens is 1. The second-order valence-corrected chi connectivity index (χ2v) is 3.41. The largest absolute Gasteiger partial charge is 0.422 e. The zero-order chi connectivity index (χ0) is 9.97. The molecule has 2 aromatic heterocycles. The predicted octanol–water partition coefficient (Wildman–Crippen LogP) is 1.77. The van der Waals surface area contributed by atoms with E-state index in [9.17, 15) is 0 Å². The molecular formula is C9H10ClN3O. The van der Waals surface area contributed by atoms with Crippen LogP contribution in [0.2, 0.25) is 5.02 Å². The fraction of sp³-hybridized carbons (Fsp3) is 0.333. The summed E-state index contributed by atoms with van der Waals surface area (Å²) in [6, 6.07) is 1.74. The monoisotopic (exact) mass is 211 g/mol. The van der Waals surface area contributed by atoms with E-state index in [1.807, 2.05) is 0 Å². The molecule has 0 aromatic carbocycles. The van der Waals surface area contributed by atoms with Crippen molar-refractivity contribution in [2.75, 3.05) is 6.54 Å². The first kappa shape index (κ1) is 9.43. The summed E-state index contributed by atoms with van der Waals surface area (Å²) in [5.74, 6) is 0.667. The second kappa shape index (κ2) is 3.94. The molecule has 0 amide bonds. The zero-order valence-electron chi connectivity index (χ0n) is 7.53. The van der Waals surface area contributed by atoms with Crippen molar-refractivity contribution in [3.63, 3.8) is 0 Å². The van der Waals surface area contributed by atoms with Crippen molar-refractivity contribution >= 4 is 22.8 Å². The Labute approximate surface area is 86.1 Å². The number of hydrogen-bond donors (Lipinski definition) is 1. The van der Waals surface area contributed by atoms with Gasteiger partial charge >= 0.3 is 0 Å². The molecule has 0 bridgehead atoms. The number of pyridine rings is 1. The van der Waals surface area contributed by atoms with Crippen LogP contribution in [0.3, 0.4) is 0 Å². The highest BCUT2D eigenvalue weighted by molar-refractivity contribution is 6.30. The molecular weight excluding hydrogens is 202 g/mol. The Bertz CT molecular complexity index is 441. The number of rotatable bonds is 3. The van der Waals surface area contributed by atoms with E-state index in [0.29, 0.717) is 28.7 Å². The summed E-state index contributed by atoms with van der Waals surface area (Å²) in [6.45, 7) is 0.632. The van der Waals surface area contributed by atoms with Gasteiger partial charge in [-0.3, -0.25) is 0 Å². The molecule has 0 unspecified atom stereocenters. The van der Waals surface area contributed by atoms with Gasteiger partial charge in [0, 0.05) is 12.6 Å². The van der Waals surface area contributed by atoms with E-state index < -0.39 is 0 Å². The maximum atomic E-state index is 5.77. The van der Waals surface area contributed by atoms with Crippen molar-refractivity contribution in [3.8, 4) is 0 Å². The van der Waals surface area contributed by atoms with E-state index in [0.717, 1.165) is 12.8 Å².